The third-order valence-electron chi connectivity index (χ3n) is 4.33. The number of aliphatic carboxylic acids is 1. The SMILES string of the molecule is CC1CC(C)CN(c2ccc(CN(C)CCC(=O)O)cc2)C1. The van der Waals surface area contributed by atoms with Crippen LogP contribution in [0.15, 0.2) is 24.3 Å². The second-order valence-electron chi connectivity index (χ2n) is 6.90. The van der Waals surface area contributed by atoms with E-state index < -0.39 is 5.97 Å². The Morgan fingerprint density at radius 2 is 1.82 bits per heavy atom. The summed E-state index contributed by atoms with van der Waals surface area (Å²) in [5.41, 5.74) is 2.53. The lowest BCUT2D eigenvalue weighted by atomic mass is 9.91. The molecule has 0 aliphatic carbocycles. The Kier molecular flexibility index (Phi) is 5.83. The second-order valence-corrected chi connectivity index (χ2v) is 6.90. The van der Waals surface area contributed by atoms with Crippen LogP contribution in [0.25, 0.3) is 0 Å². The molecule has 0 amide bonds. The third kappa shape index (κ3) is 5.02. The van der Waals surface area contributed by atoms with E-state index in [9.17, 15) is 4.79 Å². The fourth-order valence-electron chi connectivity index (χ4n) is 3.36. The first kappa shape index (κ1) is 16.8. The Bertz CT molecular complexity index is 476. The third-order valence-corrected chi connectivity index (χ3v) is 4.33. The molecular formula is C18H28N2O2. The number of carboxylic acids is 1. The highest BCUT2D eigenvalue weighted by Crippen LogP contribution is 2.26. The fraction of sp³-hybridized carbons (Fsp3) is 0.611. The lowest BCUT2D eigenvalue weighted by Gasteiger charge is -2.36. The smallest absolute Gasteiger partial charge is 0.304 e. The standard InChI is InChI=1S/C18H28N2O2/c1-14-10-15(2)12-20(11-14)17-6-4-16(5-7-17)13-19(3)9-8-18(21)22/h4-7,14-15H,8-13H2,1-3H3,(H,21,22). The molecule has 2 rings (SSSR count). The number of hydrogen-bond donors (Lipinski definition) is 1. The average Bonchev–Trinajstić information content (AvgIpc) is 2.45. The van der Waals surface area contributed by atoms with Crippen LogP contribution in [0.3, 0.4) is 0 Å². The summed E-state index contributed by atoms with van der Waals surface area (Å²) in [6.45, 7) is 8.31. The molecule has 0 aromatic heterocycles. The van der Waals surface area contributed by atoms with E-state index in [-0.39, 0.29) is 6.42 Å². The van der Waals surface area contributed by atoms with Gasteiger partial charge in [0.25, 0.3) is 0 Å². The van der Waals surface area contributed by atoms with E-state index in [4.69, 9.17) is 5.11 Å². The van der Waals surface area contributed by atoms with Gasteiger partial charge in [0.2, 0.25) is 0 Å². The van der Waals surface area contributed by atoms with Gasteiger partial charge in [-0.15, -0.1) is 0 Å². The molecule has 2 atom stereocenters. The molecule has 0 spiro atoms. The van der Waals surface area contributed by atoms with E-state index in [0.717, 1.165) is 31.5 Å². The van der Waals surface area contributed by atoms with Gasteiger partial charge in [0, 0.05) is 31.9 Å². The summed E-state index contributed by atoms with van der Waals surface area (Å²) >= 11 is 0. The summed E-state index contributed by atoms with van der Waals surface area (Å²) in [4.78, 5) is 15.1. The first-order chi connectivity index (χ1) is 10.4. The van der Waals surface area contributed by atoms with Gasteiger partial charge in [-0.3, -0.25) is 4.79 Å². The van der Waals surface area contributed by atoms with Gasteiger partial charge < -0.3 is 14.9 Å². The number of carboxylic acid groups (broad SMARTS) is 1. The lowest BCUT2D eigenvalue weighted by molar-refractivity contribution is -0.137. The Labute approximate surface area is 133 Å². The second kappa shape index (κ2) is 7.63. The van der Waals surface area contributed by atoms with Crippen molar-refractivity contribution in [3.8, 4) is 0 Å². The van der Waals surface area contributed by atoms with Crippen molar-refractivity contribution in [1.82, 2.24) is 4.90 Å². The maximum atomic E-state index is 10.6. The molecule has 1 N–H and O–H groups in total. The van der Waals surface area contributed by atoms with Gasteiger partial charge in [0.15, 0.2) is 0 Å². The van der Waals surface area contributed by atoms with Crippen molar-refractivity contribution in [2.24, 2.45) is 11.8 Å². The molecule has 1 aromatic carbocycles. The summed E-state index contributed by atoms with van der Waals surface area (Å²) < 4.78 is 0. The van der Waals surface area contributed by atoms with E-state index in [2.05, 4.69) is 43.0 Å². The number of hydrogen-bond acceptors (Lipinski definition) is 3. The van der Waals surface area contributed by atoms with E-state index in [1.165, 1.54) is 17.7 Å². The van der Waals surface area contributed by atoms with Crippen LogP contribution < -0.4 is 4.90 Å². The predicted octanol–water partition coefficient (Wildman–Crippen LogP) is 3.08. The molecule has 0 radical (unpaired) electrons. The Morgan fingerprint density at radius 3 is 2.36 bits per heavy atom. The zero-order chi connectivity index (χ0) is 16.1. The van der Waals surface area contributed by atoms with Gasteiger partial charge in [-0.05, 0) is 43.0 Å². The summed E-state index contributed by atoms with van der Waals surface area (Å²) in [5.74, 6) is 0.770. The first-order valence-electron chi connectivity index (χ1n) is 8.18. The minimum absolute atomic E-state index is 0.193. The summed E-state index contributed by atoms with van der Waals surface area (Å²) in [5, 5.41) is 8.72. The molecular weight excluding hydrogens is 276 g/mol. The van der Waals surface area contributed by atoms with Crippen molar-refractivity contribution in [3.05, 3.63) is 29.8 Å². The number of nitrogens with zero attached hydrogens (tertiary/aromatic N) is 2. The van der Waals surface area contributed by atoms with Crippen LogP contribution in [0.1, 0.15) is 32.3 Å². The first-order valence-corrected chi connectivity index (χ1v) is 8.18. The normalized spacial score (nSPS) is 22.1. The summed E-state index contributed by atoms with van der Waals surface area (Å²) in [6.07, 6.45) is 1.51. The predicted molar refractivity (Wildman–Crippen MR) is 90.2 cm³/mol. The Morgan fingerprint density at radius 1 is 1.23 bits per heavy atom. The molecule has 4 heteroatoms. The highest BCUT2D eigenvalue weighted by molar-refractivity contribution is 5.66. The molecule has 1 heterocycles. The van der Waals surface area contributed by atoms with Crippen molar-refractivity contribution in [2.75, 3.05) is 31.6 Å². The van der Waals surface area contributed by atoms with Gasteiger partial charge in [-0.1, -0.05) is 26.0 Å². The molecule has 1 aliphatic heterocycles. The monoisotopic (exact) mass is 304 g/mol. The Hall–Kier alpha value is -1.55. The number of piperidine rings is 1. The van der Waals surface area contributed by atoms with Crippen LogP contribution in [-0.4, -0.2) is 42.7 Å². The van der Waals surface area contributed by atoms with Crippen molar-refractivity contribution >= 4 is 11.7 Å². The van der Waals surface area contributed by atoms with Crippen molar-refractivity contribution < 1.29 is 9.90 Å². The molecule has 1 aliphatic rings. The van der Waals surface area contributed by atoms with Crippen molar-refractivity contribution in [3.63, 3.8) is 0 Å². The zero-order valence-corrected chi connectivity index (χ0v) is 14.0. The van der Waals surface area contributed by atoms with Gasteiger partial charge in [-0.25, -0.2) is 0 Å². The summed E-state index contributed by atoms with van der Waals surface area (Å²) in [7, 11) is 1.96. The fourth-order valence-corrected chi connectivity index (χ4v) is 3.36. The molecule has 4 nitrogen and oxygen atoms in total. The van der Waals surface area contributed by atoms with E-state index in [1.54, 1.807) is 0 Å². The zero-order valence-electron chi connectivity index (χ0n) is 14.0. The van der Waals surface area contributed by atoms with Crippen LogP contribution in [0.5, 0.6) is 0 Å². The molecule has 22 heavy (non-hydrogen) atoms. The maximum Gasteiger partial charge on any atom is 0.304 e. The maximum absolute atomic E-state index is 10.6. The molecule has 0 bridgehead atoms. The molecule has 1 aromatic rings. The highest BCUT2D eigenvalue weighted by atomic mass is 16.4. The van der Waals surface area contributed by atoms with Gasteiger partial charge in [-0.2, -0.15) is 0 Å². The lowest BCUT2D eigenvalue weighted by Crippen LogP contribution is -2.38. The van der Waals surface area contributed by atoms with Crippen LogP contribution in [-0.2, 0) is 11.3 Å². The molecule has 2 unspecified atom stereocenters. The minimum Gasteiger partial charge on any atom is -0.481 e. The largest absolute Gasteiger partial charge is 0.481 e. The number of carbonyl (C=O) groups is 1. The van der Waals surface area contributed by atoms with Gasteiger partial charge in [0.05, 0.1) is 6.42 Å². The molecule has 0 saturated carbocycles. The van der Waals surface area contributed by atoms with Crippen molar-refractivity contribution in [1.29, 1.82) is 0 Å². The average molecular weight is 304 g/mol. The highest BCUT2D eigenvalue weighted by Gasteiger charge is 2.21. The number of anilines is 1. The molecule has 1 saturated heterocycles. The van der Waals surface area contributed by atoms with Crippen LogP contribution in [0.4, 0.5) is 5.69 Å². The quantitative estimate of drug-likeness (QED) is 0.877. The van der Waals surface area contributed by atoms with Crippen LogP contribution >= 0.6 is 0 Å². The minimum atomic E-state index is -0.740. The van der Waals surface area contributed by atoms with Crippen molar-refractivity contribution in [2.45, 2.75) is 33.2 Å². The Balaban J connectivity index is 1.91. The van der Waals surface area contributed by atoms with E-state index in [1.807, 2.05) is 11.9 Å². The number of benzene rings is 1. The molecule has 1 fully saturated rings. The topological polar surface area (TPSA) is 43.8 Å². The van der Waals surface area contributed by atoms with Crippen LogP contribution in [0, 0.1) is 11.8 Å². The van der Waals surface area contributed by atoms with Gasteiger partial charge in [0.1, 0.15) is 0 Å². The number of rotatable bonds is 6. The molecule has 122 valence electrons. The van der Waals surface area contributed by atoms with Gasteiger partial charge >= 0.3 is 5.97 Å². The van der Waals surface area contributed by atoms with E-state index in [0.29, 0.717) is 6.54 Å². The summed E-state index contributed by atoms with van der Waals surface area (Å²) in [6, 6.07) is 8.73. The van der Waals surface area contributed by atoms with Crippen LogP contribution in [0.2, 0.25) is 0 Å². The van der Waals surface area contributed by atoms with E-state index >= 15 is 0 Å².